The third-order valence-electron chi connectivity index (χ3n) is 4.45. The van der Waals surface area contributed by atoms with Crippen LogP contribution >= 0.6 is 11.8 Å². The van der Waals surface area contributed by atoms with Crippen molar-refractivity contribution in [2.24, 2.45) is 0 Å². The van der Waals surface area contributed by atoms with Gasteiger partial charge in [0.05, 0.1) is 11.6 Å². The molecule has 1 aromatic heterocycles. The molecule has 0 saturated carbocycles. The van der Waals surface area contributed by atoms with Crippen molar-refractivity contribution in [1.82, 2.24) is 24.6 Å². The lowest BCUT2D eigenvalue weighted by atomic mass is 9.96. The minimum absolute atomic E-state index is 0.0427. The van der Waals surface area contributed by atoms with Crippen LogP contribution in [-0.4, -0.2) is 67.6 Å². The van der Waals surface area contributed by atoms with E-state index in [9.17, 15) is 9.59 Å². The van der Waals surface area contributed by atoms with Crippen LogP contribution in [0.4, 0.5) is 0 Å². The van der Waals surface area contributed by atoms with Gasteiger partial charge >= 0.3 is 0 Å². The molecule has 1 aromatic rings. The summed E-state index contributed by atoms with van der Waals surface area (Å²) in [4.78, 5) is 27.7. The standard InChI is InChI=1S/C15H23N5O2S/c1-11(2)20-9-16-17-15(20)12-4-3-5-18(6-12)13(21)7-19-10-23-8-14(19)22/h9,11-12H,3-8,10H2,1-2H3/t12-/m0/s1. The molecule has 7 nitrogen and oxygen atoms in total. The van der Waals surface area contributed by atoms with Gasteiger partial charge in [-0.15, -0.1) is 22.0 Å². The summed E-state index contributed by atoms with van der Waals surface area (Å²) in [6.45, 7) is 5.85. The molecule has 3 rings (SSSR count). The van der Waals surface area contributed by atoms with Crippen LogP contribution in [0.5, 0.6) is 0 Å². The zero-order valence-corrected chi connectivity index (χ0v) is 14.5. The zero-order valence-electron chi connectivity index (χ0n) is 13.6. The lowest BCUT2D eigenvalue weighted by Gasteiger charge is -2.33. The number of nitrogens with zero attached hydrogens (tertiary/aromatic N) is 5. The SMILES string of the molecule is CC(C)n1cnnc1[C@H]1CCCN(C(=O)CN2CSCC2=O)C1. The average molecular weight is 337 g/mol. The zero-order chi connectivity index (χ0) is 16.4. The van der Waals surface area contributed by atoms with E-state index in [0.717, 1.165) is 25.2 Å². The Morgan fingerprint density at radius 3 is 3.00 bits per heavy atom. The fraction of sp³-hybridized carbons (Fsp3) is 0.733. The fourth-order valence-corrected chi connectivity index (χ4v) is 4.06. The highest BCUT2D eigenvalue weighted by atomic mass is 32.2. The summed E-state index contributed by atoms with van der Waals surface area (Å²) in [7, 11) is 0. The van der Waals surface area contributed by atoms with Gasteiger partial charge < -0.3 is 14.4 Å². The van der Waals surface area contributed by atoms with E-state index in [0.29, 0.717) is 24.2 Å². The molecule has 0 unspecified atom stereocenters. The molecule has 23 heavy (non-hydrogen) atoms. The van der Waals surface area contributed by atoms with Crippen LogP contribution in [0.2, 0.25) is 0 Å². The molecule has 2 fully saturated rings. The van der Waals surface area contributed by atoms with Crippen molar-refractivity contribution in [3.05, 3.63) is 12.2 Å². The summed E-state index contributed by atoms with van der Waals surface area (Å²) in [6.07, 6.45) is 3.75. The number of aromatic nitrogens is 3. The van der Waals surface area contributed by atoms with Crippen LogP contribution in [-0.2, 0) is 9.59 Å². The molecule has 3 heterocycles. The van der Waals surface area contributed by atoms with E-state index in [2.05, 4.69) is 28.6 Å². The maximum absolute atomic E-state index is 12.5. The smallest absolute Gasteiger partial charge is 0.242 e. The number of piperidine rings is 1. The summed E-state index contributed by atoms with van der Waals surface area (Å²) in [5.41, 5.74) is 0. The van der Waals surface area contributed by atoms with Crippen LogP contribution in [0.3, 0.4) is 0 Å². The van der Waals surface area contributed by atoms with Gasteiger partial charge in [0, 0.05) is 25.0 Å². The highest BCUT2D eigenvalue weighted by molar-refractivity contribution is 8.00. The molecule has 0 N–H and O–H groups in total. The molecule has 2 aliphatic heterocycles. The molecule has 0 bridgehead atoms. The predicted molar refractivity (Wildman–Crippen MR) is 88.0 cm³/mol. The van der Waals surface area contributed by atoms with Crippen molar-refractivity contribution >= 4 is 23.6 Å². The molecule has 8 heteroatoms. The van der Waals surface area contributed by atoms with Gasteiger partial charge in [-0.05, 0) is 26.7 Å². The molecule has 0 radical (unpaired) electrons. The average Bonchev–Trinajstić information content (AvgIpc) is 3.17. The Labute approximate surface area is 140 Å². The summed E-state index contributed by atoms with van der Waals surface area (Å²) in [5, 5.41) is 8.31. The number of hydrogen-bond donors (Lipinski definition) is 0. The molecule has 2 amide bonds. The van der Waals surface area contributed by atoms with E-state index >= 15 is 0 Å². The van der Waals surface area contributed by atoms with Crippen molar-refractivity contribution in [1.29, 1.82) is 0 Å². The van der Waals surface area contributed by atoms with Crippen molar-refractivity contribution in [3.8, 4) is 0 Å². The minimum Gasteiger partial charge on any atom is -0.340 e. The number of carbonyl (C=O) groups excluding carboxylic acids is 2. The number of hydrogen-bond acceptors (Lipinski definition) is 5. The highest BCUT2D eigenvalue weighted by Gasteiger charge is 2.30. The Balaban J connectivity index is 1.64. The van der Waals surface area contributed by atoms with E-state index in [4.69, 9.17) is 0 Å². The first-order chi connectivity index (χ1) is 11.1. The molecule has 1 atom stereocenters. The lowest BCUT2D eigenvalue weighted by Crippen LogP contribution is -2.45. The second-order valence-electron chi connectivity index (χ2n) is 6.44. The molecule has 2 saturated heterocycles. The maximum atomic E-state index is 12.5. The first-order valence-electron chi connectivity index (χ1n) is 8.09. The Bertz CT molecular complexity index is 588. The second kappa shape index (κ2) is 6.90. The predicted octanol–water partition coefficient (Wildman–Crippen LogP) is 1.10. The molecule has 0 spiro atoms. The first kappa shape index (κ1) is 16.3. The number of amides is 2. The Kier molecular flexibility index (Phi) is 4.89. The van der Waals surface area contributed by atoms with Gasteiger partial charge in [-0.3, -0.25) is 9.59 Å². The normalized spacial score (nSPS) is 22.2. The monoisotopic (exact) mass is 337 g/mol. The van der Waals surface area contributed by atoms with Crippen molar-refractivity contribution in [2.45, 2.75) is 38.6 Å². The molecule has 0 aromatic carbocycles. The Morgan fingerprint density at radius 1 is 1.48 bits per heavy atom. The minimum atomic E-state index is 0.0427. The van der Waals surface area contributed by atoms with Crippen LogP contribution in [0.25, 0.3) is 0 Å². The lowest BCUT2D eigenvalue weighted by molar-refractivity contribution is -0.138. The third-order valence-corrected chi connectivity index (χ3v) is 5.39. The molecular formula is C15H23N5O2S. The van der Waals surface area contributed by atoms with Gasteiger partial charge in [0.15, 0.2) is 0 Å². The summed E-state index contributed by atoms with van der Waals surface area (Å²) < 4.78 is 2.08. The highest BCUT2D eigenvalue weighted by Crippen LogP contribution is 2.27. The molecule has 0 aliphatic carbocycles. The van der Waals surface area contributed by atoms with E-state index in [-0.39, 0.29) is 24.3 Å². The van der Waals surface area contributed by atoms with Crippen LogP contribution in [0.1, 0.15) is 44.5 Å². The van der Waals surface area contributed by atoms with E-state index in [1.165, 1.54) is 0 Å². The van der Waals surface area contributed by atoms with Crippen LogP contribution in [0, 0.1) is 0 Å². The quantitative estimate of drug-likeness (QED) is 0.823. The first-order valence-corrected chi connectivity index (χ1v) is 9.24. The second-order valence-corrected chi connectivity index (χ2v) is 7.39. The number of thioether (sulfide) groups is 1. The van der Waals surface area contributed by atoms with Gasteiger partial charge in [0.2, 0.25) is 11.8 Å². The van der Waals surface area contributed by atoms with E-state index in [1.807, 2.05) is 4.90 Å². The Hall–Kier alpha value is -1.57. The fourth-order valence-electron chi connectivity index (χ4n) is 3.16. The van der Waals surface area contributed by atoms with Crippen LogP contribution in [0.15, 0.2) is 6.33 Å². The molecule has 126 valence electrons. The molecular weight excluding hydrogens is 314 g/mol. The number of rotatable bonds is 4. The topological polar surface area (TPSA) is 71.3 Å². The van der Waals surface area contributed by atoms with E-state index < -0.39 is 0 Å². The van der Waals surface area contributed by atoms with E-state index in [1.54, 1.807) is 23.0 Å². The number of likely N-dealkylation sites (tertiary alicyclic amines) is 1. The number of carbonyl (C=O) groups is 2. The third kappa shape index (κ3) is 3.52. The summed E-state index contributed by atoms with van der Waals surface area (Å²) >= 11 is 1.57. The maximum Gasteiger partial charge on any atom is 0.242 e. The van der Waals surface area contributed by atoms with Crippen molar-refractivity contribution < 1.29 is 9.59 Å². The van der Waals surface area contributed by atoms with Gasteiger partial charge in [-0.2, -0.15) is 0 Å². The van der Waals surface area contributed by atoms with Gasteiger partial charge in [0.25, 0.3) is 0 Å². The summed E-state index contributed by atoms with van der Waals surface area (Å²) in [5.74, 6) is 2.42. The van der Waals surface area contributed by atoms with Gasteiger partial charge in [-0.1, -0.05) is 0 Å². The molecule has 2 aliphatic rings. The van der Waals surface area contributed by atoms with Gasteiger partial charge in [0.1, 0.15) is 18.7 Å². The largest absolute Gasteiger partial charge is 0.340 e. The van der Waals surface area contributed by atoms with Gasteiger partial charge in [-0.25, -0.2) is 0 Å². The van der Waals surface area contributed by atoms with Crippen LogP contribution < -0.4 is 0 Å². The Morgan fingerprint density at radius 2 is 2.30 bits per heavy atom. The van der Waals surface area contributed by atoms with Crippen molar-refractivity contribution in [2.75, 3.05) is 31.3 Å². The van der Waals surface area contributed by atoms with Crippen molar-refractivity contribution in [3.63, 3.8) is 0 Å². The summed E-state index contributed by atoms with van der Waals surface area (Å²) in [6, 6.07) is 0.310.